The van der Waals surface area contributed by atoms with Crippen molar-refractivity contribution in [3.63, 3.8) is 0 Å². The van der Waals surface area contributed by atoms with E-state index < -0.39 is 11.9 Å². The highest BCUT2D eigenvalue weighted by Crippen LogP contribution is 2.29. The molecule has 1 fully saturated rings. The van der Waals surface area contributed by atoms with Gasteiger partial charge < -0.3 is 10.0 Å². The van der Waals surface area contributed by atoms with Gasteiger partial charge in [0.25, 0.3) is 0 Å². The van der Waals surface area contributed by atoms with Crippen LogP contribution in [-0.2, 0) is 9.59 Å². The minimum atomic E-state index is -0.805. The second-order valence-corrected chi connectivity index (χ2v) is 6.60. The number of aliphatic carboxylic acids is 1. The van der Waals surface area contributed by atoms with Crippen LogP contribution >= 0.6 is 0 Å². The van der Waals surface area contributed by atoms with Crippen molar-refractivity contribution >= 4 is 11.9 Å². The zero-order valence-corrected chi connectivity index (χ0v) is 14.2. The Morgan fingerprint density at radius 3 is 2.08 bits per heavy atom. The number of piperidine rings is 1. The lowest BCUT2D eigenvalue weighted by atomic mass is 9.87. The number of rotatable bonds is 5. The number of hydrogen-bond acceptors (Lipinski definition) is 2. The molecule has 130 valence electrons. The van der Waals surface area contributed by atoms with E-state index in [9.17, 15) is 14.7 Å². The molecule has 0 aromatic heterocycles. The van der Waals surface area contributed by atoms with E-state index in [4.69, 9.17) is 0 Å². The van der Waals surface area contributed by atoms with Crippen LogP contribution in [0.4, 0.5) is 0 Å². The number of hydrogen-bond donors (Lipinski definition) is 1. The molecule has 0 radical (unpaired) electrons. The van der Waals surface area contributed by atoms with Gasteiger partial charge in [0.2, 0.25) is 5.91 Å². The summed E-state index contributed by atoms with van der Waals surface area (Å²) >= 11 is 0. The first-order chi connectivity index (χ1) is 12.1. The Morgan fingerprint density at radius 2 is 1.56 bits per heavy atom. The Bertz CT molecular complexity index is 675. The summed E-state index contributed by atoms with van der Waals surface area (Å²) in [6.07, 6.45) is 1.77. The van der Waals surface area contributed by atoms with Gasteiger partial charge in [0.05, 0.1) is 5.92 Å². The minimum Gasteiger partial charge on any atom is -0.481 e. The Labute approximate surface area is 148 Å². The lowest BCUT2D eigenvalue weighted by Crippen LogP contribution is -2.42. The summed E-state index contributed by atoms with van der Waals surface area (Å²) in [5.41, 5.74) is 2.21. The quantitative estimate of drug-likeness (QED) is 0.908. The highest BCUT2D eigenvalue weighted by Gasteiger charge is 2.29. The fourth-order valence-electron chi connectivity index (χ4n) is 3.51. The smallest absolute Gasteiger partial charge is 0.308 e. The molecule has 1 saturated heterocycles. The van der Waals surface area contributed by atoms with Gasteiger partial charge in [-0.2, -0.15) is 0 Å². The van der Waals surface area contributed by atoms with Crippen molar-refractivity contribution in [1.29, 1.82) is 0 Å². The summed E-state index contributed by atoms with van der Waals surface area (Å²) in [6.45, 7) is 0.976. The summed E-state index contributed by atoms with van der Waals surface area (Å²) in [5, 5.41) is 9.24. The van der Waals surface area contributed by atoms with Crippen LogP contribution in [0.25, 0.3) is 0 Å². The van der Waals surface area contributed by atoms with Gasteiger partial charge in [-0.1, -0.05) is 60.7 Å². The molecular formula is C21H23NO3. The number of amides is 1. The van der Waals surface area contributed by atoms with Gasteiger partial charge in [0.15, 0.2) is 0 Å². The maximum atomic E-state index is 12.9. The van der Waals surface area contributed by atoms with Crippen LogP contribution in [0.5, 0.6) is 0 Å². The summed E-state index contributed by atoms with van der Waals surface area (Å²) in [7, 11) is 0. The molecular weight excluding hydrogens is 314 g/mol. The van der Waals surface area contributed by atoms with Crippen molar-refractivity contribution < 1.29 is 14.7 Å². The normalized spacial score (nSPS) is 17.5. The zero-order chi connectivity index (χ0) is 17.6. The predicted molar refractivity (Wildman–Crippen MR) is 96.3 cm³/mol. The third kappa shape index (κ3) is 4.27. The Kier molecular flexibility index (Phi) is 5.49. The highest BCUT2D eigenvalue weighted by atomic mass is 16.4. The second kappa shape index (κ2) is 7.97. The summed E-state index contributed by atoms with van der Waals surface area (Å²) < 4.78 is 0. The maximum absolute atomic E-state index is 12.9. The van der Waals surface area contributed by atoms with Crippen LogP contribution in [0.2, 0.25) is 0 Å². The molecule has 1 heterocycles. The van der Waals surface area contributed by atoms with E-state index in [1.54, 1.807) is 4.90 Å². The largest absolute Gasteiger partial charge is 0.481 e. The average Bonchev–Trinajstić information content (AvgIpc) is 2.67. The molecule has 4 heteroatoms. The number of carboxylic acid groups (broad SMARTS) is 1. The molecule has 1 aliphatic heterocycles. The van der Waals surface area contributed by atoms with Crippen LogP contribution in [0, 0.1) is 5.92 Å². The lowest BCUT2D eigenvalue weighted by Gasteiger charge is -2.32. The molecule has 0 spiro atoms. The molecule has 1 atom stereocenters. The monoisotopic (exact) mass is 337 g/mol. The Balaban J connectivity index is 1.78. The lowest BCUT2D eigenvalue weighted by molar-refractivity contribution is -0.145. The van der Waals surface area contributed by atoms with Crippen LogP contribution in [0.15, 0.2) is 60.7 Å². The van der Waals surface area contributed by atoms with Crippen molar-refractivity contribution in [3.05, 3.63) is 71.8 Å². The van der Waals surface area contributed by atoms with Gasteiger partial charge in [0, 0.05) is 25.4 Å². The van der Waals surface area contributed by atoms with Crippen molar-refractivity contribution in [2.45, 2.75) is 25.2 Å². The van der Waals surface area contributed by atoms with Crippen LogP contribution in [-0.4, -0.2) is 35.0 Å². The van der Waals surface area contributed by atoms with E-state index in [1.165, 1.54) is 0 Å². The molecule has 25 heavy (non-hydrogen) atoms. The number of carboxylic acids is 1. The van der Waals surface area contributed by atoms with E-state index in [-0.39, 0.29) is 11.8 Å². The summed E-state index contributed by atoms with van der Waals surface area (Å²) in [4.78, 5) is 25.8. The maximum Gasteiger partial charge on any atom is 0.308 e. The SMILES string of the molecule is O=C(O)[C@@H]1CCCN(C(=O)CC(c2ccccc2)c2ccccc2)C1. The zero-order valence-electron chi connectivity index (χ0n) is 14.2. The van der Waals surface area contributed by atoms with Crippen LogP contribution in [0.1, 0.15) is 36.3 Å². The molecule has 1 N–H and O–H groups in total. The first-order valence-electron chi connectivity index (χ1n) is 8.75. The van der Waals surface area contributed by atoms with Crippen molar-refractivity contribution in [2.24, 2.45) is 5.92 Å². The molecule has 1 aliphatic rings. The Morgan fingerprint density at radius 1 is 1.00 bits per heavy atom. The van der Waals surface area contributed by atoms with E-state index in [0.717, 1.165) is 17.5 Å². The van der Waals surface area contributed by atoms with E-state index in [0.29, 0.717) is 25.9 Å². The summed E-state index contributed by atoms with van der Waals surface area (Å²) in [5.74, 6) is -1.23. The first kappa shape index (κ1) is 17.2. The predicted octanol–water partition coefficient (Wildman–Crippen LogP) is 3.53. The molecule has 0 saturated carbocycles. The molecule has 2 aromatic rings. The number of carbonyl (C=O) groups is 2. The van der Waals surface area contributed by atoms with Gasteiger partial charge in [-0.05, 0) is 24.0 Å². The molecule has 0 aliphatic carbocycles. The third-order valence-electron chi connectivity index (χ3n) is 4.91. The van der Waals surface area contributed by atoms with E-state index >= 15 is 0 Å². The average molecular weight is 337 g/mol. The minimum absolute atomic E-state index is 0.0138. The van der Waals surface area contributed by atoms with Crippen LogP contribution < -0.4 is 0 Å². The second-order valence-electron chi connectivity index (χ2n) is 6.60. The van der Waals surface area contributed by atoms with Crippen LogP contribution in [0.3, 0.4) is 0 Å². The fraction of sp³-hybridized carbons (Fsp3) is 0.333. The third-order valence-corrected chi connectivity index (χ3v) is 4.91. The standard InChI is InChI=1S/C21H23NO3/c23-20(22-13-7-12-18(15-22)21(24)25)14-19(16-8-3-1-4-9-16)17-10-5-2-6-11-17/h1-6,8-11,18-19H,7,12-15H2,(H,24,25)/t18-/m1/s1. The van der Waals surface area contributed by atoms with E-state index in [2.05, 4.69) is 0 Å². The van der Waals surface area contributed by atoms with E-state index in [1.807, 2.05) is 60.7 Å². The Hall–Kier alpha value is -2.62. The molecule has 2 aromatic carbocycles. The topological polar surface area (TPSA) is 57.6 Å². The highest BCUT2D eigenvalue weighted by molar-refractivity contribution is 5.79. The molecule has 1 amide bonds. The van der Waals surface area contributed by atoms with Gasteiger partial charge in [-0.3, -0.25) is 9.59 Å². The number of benzene rings is 2. The molecule has 3 rings (SSSR count). The number of carbonyl (C=O) groups excluding carboxylic acids is 1. The van der Waals surface area contributed by atoms with Crippen molar-refractivity contribution in [1.82, 2.24) is 4.90 Å². The van der Waals surface area contributed by atoms with Crippen molar-refractivity contribution in [2.75, 3.05) is 13.1 Å². The number of likely N-dealkylation sites (tertiary alicyclic amines) is 1. The molecule has 0 unspecified atom stereocenters. The van der Waals surface area contributed by atoms with Gasteiger partial charge >= 0.3 is 5.97 Å². The van der Waals surface area contributed by atoms with Crippen molar-refractivity contribution in [3.8, 4) is 0 Å². The molecule has 4 nitrogen and oxygen atoms in total. The summed E-state index contributed by atoms with van der Waals surface area (Å²) in [6, 6.07) is 20.0. The molecule has 0 bridgehead atoms. The van der Waals surface area contributed by atoms with Gasteiger partial charge in [-0.15, -0.1) is 0 Å². The number of nitrogens with zero attached hydrogens (tertiary/aromatic N) is 1. The van der Waals surface area contributed by atoms with Gasteiger partial charge in [-0.25, -0.2) is 0 Å². The fourth-order valence-corrected chi connectivity index (χ4v) is 3.51. The first-order valence-corrected chi connectivity index (χ1v) is 8.75. The van der Waals surface area contributed by atoms with Gasteiger partial charge in [0.1, 0.15) is 0 Å².